The summed E-state index contributed by atoms with van der Waals surface area (Å²) >= 11 is 1.18. The molecule has 0 aliphatic rings. The normalized spacial score (nSPS) is 11.3. The van der Waals surface area contributed by atoms with Gasteiger partial charge in [-0.2, -0.15) is 5.10 Å². The van der Waals surface area contributed by atoms with E-state index < -0.39 is 5.97 Å². The van der Waals surface area contributed by atoms with Crippen LogP contribution in [0.4, 0.5) is 0 Å². The van der Waals surface area contributed by atoms with E-state index in [2.05, 4.69) is 28.9 Å². The molecule has 0 spiro atoms. The Morgan fingerprint density at radius 3 is 2.92 bits per heavy atom. The lowest BCUT2D eigenvalue weighted by atomic mass is 10.1. The number of H-pyrrole nitrogens is 1. The van der Waals surface area contributed by atoms with Gasteiger partial charge in [0.15, 0.2) is 17.3 Å². The Balaban J connectivity index is 1.69. The van der Waals surface area contributed by atoms with Crippen molar-refractivity contribution in [3.05, 3.63) is 30.6 Å². The van der Waals surface area contributed by atoms with E-state index in [1.165, 1.54) is 11.8 Å². The number of nitrogens with zero attached hydrogens (tertiary/aromatic N) is 3. The third kappa shape index (κ3) is 4.54. The molecule has 0 saturated heterocycles. The van der Waals surface area contributed by atoms with Crippen LogP contribution in [0, 0.1) is 5.92 Å². The van der Waals surface area contributed by atoms with E-state index in [-0.39, 0.29) is 5.75 Å². The third-order valence-electron chi connectivity index (χ3n) is 3.57. The Morgan fingerprint density at radius 2 is 2.16 bits per heavy atom. The molecule has 3 rings (SSSR count). The topological polar surface area (TPSA) is 96.9 Å². The summed E-state index contributed by atoms with van der Waals surface area (Å²) in [6, 6.07) is 5.61. The van der Waals surface area contributed by atoms with E-state index in [1.807, 2.05) is 29.1 Å². The average molecular weight is 360 g/mol. The first-order chi connectivity index (χ1) is 12.0. The van der Waals surface area contributed by atoms with Crippen LogP contribution < -0.4 is 0 Å². The molecule has 0 fully saturated rings. The summed E-state index contributed by atoms with van der Waals surface area (Å²) in [5.41, 5.74) is 0.780. The number of carboxylic acid groups (broad SMARTS) is 1. The predicted molar refractivity (Wildman–Crippen MR) is 95.3 cm³/mol. The van der Waals surface area contributed by atoms with Gasteiger partial charge in [-0.25, -0.2) is 4.98 Å². The molecule has 0 aliphatic heterocycles. The number of carbonyl (C=O) groups is 1. The molecule has 3 aromatic rings. The molecule has 8 heteroatoms. The van der Waals surface area contributed by atoms with E-state index in [0.29, 0.717) is 28.3 Å². The summed E-state index contributed by atoms with van der Waals surface area (Å²) < 4.78 is 7.76. The van der Waals surface area contributed by atoms with Gasteiger partial charge in [-0.1, -0.05) is 25.6 Å². The maximum Gasteiger partial charge on any atom is 0.313 e. The number of nitrogens with one attached hydrogen (secondary N) is 1. The summed E-state index contributed by atoms with van der Waals surface area (Å²) in [4.78, 5) is 17.9. The molecule has 0 atom stereocenters. The Hall–Kier alpha value is -2.48. The van der Waals surface area contributed by atoms with Crippen molar-refractivity contribution in [2.75, 3.05) is 5.75 Å². The molecule has 0 bridgehead atoms. The van der Waals surface area contributed by atoms with Crippen molar-refractivity contribution < 1.29 is 14.3 Å². The highest BCUT2D eigenvalue weighted by atomic mass is 32.2. The Kier molecular flexibility index (Phi) is 5.28. The Morgan fingerprint density at radius 1 is 1.36 bits per heavy atom. The van der Waals surface area contributed by atoms with Crippen LogP contribution in [0.2, 0.25) is 0 Å². The number of furan rings is 1. The summed E-state index contributed by atoms with van der Waals surface area (Å²) in [6.45, 7) is 5.26. The second-order valence-corrected chi connectivity index (χ2v) is 7.11. The summed E-state index contributed by atoms with van der Waals surface area (Å²) in [5.74, 6) is 1.59. The molecule has 0 unspecified atom stereocenters. The van der Waals surface area contributed by atoms with Crippen molar-refractivity contribution in [2.24, 2.45) is 5.92 Å². The van der Waals surface area contributed by atoms with Crippen molar-refractivity contribution in [3.8, 4) is 23.0 Å². The minimum atomic E-state index is -0.866. The van der Waals surface area contributed by atoms with Crippen LogP contribution in [-0.4, -0.2) is 36.6 Å². The molecule has 7 nitrogen and oxygen atoms in total. The molecule has 3 aromatic heterocycles. The fraction of sp³-hybridized carbons (Fsp3) is 0.353. The minimum Gasteiger partial charge on any atom is -0.481 e. The molecular weight excluding hydrogens is 340 g/mol. The van der Waals surface area contributed by atoms with Gasteiger partial charge >= 0.3 is 5.97 Å². The van der Waals surface area contributed by atoms with Gasteiger partial charge in [0.25, 0.3) is 0 Å². The van der Waals surface area contributed by atoms with Crippen molar-refractivity contribution in [1.82, 2.24) is 19.7 Å². The first-order valence-corrected chi connectivity index (χ1v) is 9.03. The minimum absolute atomic E-state index is 0.0150. The predicted octanol–water partition coefficient (Wildman–Crippen LogP) is 3.76. The van der Waals surface area contributed by atoms with Crippen LogP contribution in [0.5, 0.6) is 0 Å². The third-order valence-corrected chi connectivity index (χ3v) is 4.48. The molecule has 0 saturated carbocycles. The lowest BCUT2D eigenvalue weighted by molar-refractivity contribution is -0.133. The SMILES string of the molecule is CC(C)CCn1ccc(-c2ccc(-c3ncc(SCC(=O)O)[nH]3)o2)n1. The number of rotatable bonds is 8. The molecule has 0 radical (unpaired) electrons. The van der Waals surface area contributed by atoms with Crippen LogP contribution in [0.1, 0.15) is 20.3 Å². The quantitative estimate of drug-likeness (QED) is 0.594. The summed E-state index contributed by atoms with van der Waals surface area (Å²) in [7, 11) is 0. The Labute approximate surface area is 149 Å². The van der Waals surface area contributed by atoms with E-state index in [4.69, 9.17) is 9.52 Å². The number of hydrogen-bond acceptors (Lipinski definition) is 5. The number of hydrogen-bond donors (Lipinski definition) is 2. The fourth-order valence-corrected chi connectivity index (χ4v) is 2.83. The zero-order valence-corrected chi connectivity index (χ0v) is 14.9. The second kappa shape index (κ2) is 7.60. The van der Waals surface area contributed by atoms with Gasteiger partial charge in [-0.15, -0.1) is 0 Å². The van der Waals surface area contributed by atoms with Crippen molar-refractivity contribution in [1.29, 1.82) is 0 Å². The molecule has 0 aliphatic carbocycles. The van der Waals surface area contributed by atoms with Crippen LogP contribution in [-0.2, 0) is 11.3 Å². The molecule has 132 valence electrons. The highest BCUT2D eigenvalue weighted by Gasteiger charge is 2.12. The Bertz CT molecular complexity index is 850. The first-order valence-electron chi connectivity index (χ1n) is 8.05. The number of aromatic amines is 1. The van der Waals surface area contributed by atoms with Gasteiger partial charge in [-0.05, 0) is 30.5 Å². The van der Waals surface area contributed by atoms with Crippen LogP contribution in [0.15, 0.2) is 40.0 Å². The largest absolute Gasteiger partial charge is 0.481 e. The number of carboxylic acids is 1. The van der Waals surface area contributed by atoms with Crippen LogP contribution in [0.3, 0.4) is 0 Å². The van der Waals surface area contributed by atoms with Gasteiger partial charge in [0.1, 0.15) is 5.69 Å². The standard InChI is InChI=1S/C17H20N4O3S/c1-11(2)5-7-21-8-6-12(20-21)13-3-4-14(24-13)17-18-9-15(19-17)25-10-16(22)23/h3-4,6,8-9,11H,5,7,10H2,1-2H3,(H,18,19)(H,22,23). The highest BCUT2D eigenvalue weighted by molar-refractivity contribution is 7.99. The van der Waals surface area contributed by atoms with E-state index in [9.17, 15) is 4.79 Å². The molecule has 0 amide bonds. The van der Waals surface area contributed by atoms with Crippen molar-refractivity contribution in [2.45, 2.75) is 31.8 Å². The van der Waals surface area contributed by atoms with E-state index in [1.54, 1.807) is 6.20 Å². The van der Waals surface area contributed by atoms with Gasteiger partial charge in [0, 0.05) is 12.7 Å². The van der Waals surface area contributed by atoms with Crippen LogP contribution >= 0.6 is 11.8 Å². The van der Waals surface area contributed by atoms with Gasteiger partial charge in [0.05, 0.1) is 17.0 Å². The highest BCUT2D eigenvalue weighted by Crippen LogP contribution is 2.27. The second-order valence-electron chi connectivity index (χ2n) is 6.09. The van der Waals surface area contributed by atoms with E-state index in [0.717, 1.165) is 18.7 Å². The number of thioether (sulfide) groups is 1. The fourth-order valence-electron chi connectivity index (χ4n) is 2.25. The van der Waals surface area contributed by atoms with Crippen LogP contribution in [0.25, 0.3) is 23.0 Å². The van der Waals surface area contributed by atoms with Gasteiger partial charge in [0.2, 0.25) is 0 Å². The zero-order valence-electron chi connectivity index (χ0n) is 14.1. The lowest BCUT2D eigenvalue weighted by Gasteiger charge is -2.03. The first kappa shape index (κ1) is 17.3. The monoisotopic (exact) mass is 360 g/mol. The maximum atomic E-state index is 10.6. The molecule has 25 heavy (non-hydrogen) atoms. The number of imidazole rings is 1. The van der Waals surface area contributed by atoms with Gasteiger partial charge in [-0.3, -0.25) is 9.48 Å². The molecule has 3 heterocycles. The van der Waals surface area contributed by atoms with Crippen molar-refractivity contribution >= 4 is 17.7 Å². The van der Waals surface area contributed by atoms with E-state index >= 15 is 0 Å². The smallest absolute Gasteiger partial charge is 0.313 e. The number of aryl methyl sites for hydroxylation is 1. The van der Waals surface area contributed by atoms with Crippen molar-refractivity contribution in [3.63, 3.8) is 0 Å². The summed E-state index contributed by atoms with van der Waals surface area (Å²) in [6.07, 6.45) is 4.63. The molecular formula is C17H20N4O3S. The van der Waals surface area contributed by atoms with Gasteiger partial charge < -0.3 is 14.5 Å². The number of aromatic nitrogens is 4. The summed E-state index contributed by atoms with van der Waals surface area (Å²) in [5, 5.41) is 13.9. The average Bonchev–Trinajstić information content (AvgIpc) is 3.29. The number of aliphatic carboxylic acids is 1. The lowest BCUT2D eigenvalue weighted by Crippen LogP contribution is -2.01. The molecule has 0 aromatic carbocycles. The zero-order chi connectivity index (χ0) is 17.8. The molecule has 2 N–H and O–H groups in total. The maximum absolute atomic E-state index is 10.6.